The van der Waals surface area contributed by atoms with E-state index in [1.54, 1.807) is 7.11 Å². The lowest BCUT2D eigenvalue weighted by atomic mass is 9.96. The van der Waals surface area contributed by atoms with Crippen molar-refractivity contribution in [2.75, 3.05) is 44.7 Å². The topological polar surface area (TPSA) is 83.7 Å². The van der Waals surface area contributed by atoms with E-state index < -0.39 is 0 Å². The fraction of sp³-hybridized carbons (Fsp3) is 0.625. The smallest absolute Gasteiger partial charge is 0.324 e. The molecule has 8 heteroatoms. The summed E-state index contributed by atoms with van der Waals surface area (Å²) in [5.41, 5.74) is 1.08. The Kier molecular flexibility index (Phi) is 6.69. The number of benzene rings is 1. The van der Waals surface area contributed by atoms with Crippen LogP contribution in [-0.4, -0.2) is 66.3 Å². The SMILES string of the molecule is COc1ccc(-c2noc(N3CCC(C(=O)NCC4CCN(C(C)(C)C)C4)CC3)n2)cc1. The van der Waals surface area contributed by atoms with Gasteiger partial charge in [0.05, 0.1) is 7.11 Å². The Morgan fingerprint density at radius 3 is 2.50 bits per heavy atom. The molecule has 1 N–H and O–H groups in total. The van der Waals surface area contributed by atoms with Crippen LogP contribution in [0, 0.1) is 11.8 Å². The molecule has 8 nitrogen and oxygen atoms in total. The van der Waals surface area contributed by atoms with Crippen molar-refractivity contribution >= 4 is 11.9 Å². The molecule has 1 aromatic heterocycles. The highest BCUT2D eigenvalue weighted by atomic mass is 16.5. The van der Waals surface area contributed by atoms with Crippen molar-refractivity contribution in [3.05, 3.63) is 24.3 Å². The number of hydrogen-bond acceptors (Lipinski definition) is 7. The molecular weight excluding hydrogens is 406 g/mol. The molecule has 2 saturated heterocycles. The van der Waals surface area contributed by atoms with E-state index in [0.717, 1.165) is 63.3 Å². The van der Waals surface area contributed by atoms with E-state index in [4.69, 9.17) is 9.26 Å². The molecule has 32 heavy (non-hydrogen) atoms. The number of piperidine rings is 1. The van der Waals surface area contributed by atoms with Gasteiger partial charge in [0.2, 0.25) is 11.7 Å². The van der Waals surface area contributed by atoms with Crippen molar-refractivity contribution in [2.24, 2.45) is 11.8 Å². The fourth-order valence-corrected chi connectivity index (χ4v) is 4.53. The van der Waals surface area contributed by atoms with Crippen molar-refractivity contribution in [2.45, 2.75) is 45.6 Å². The van der Waals surface area contributed by atoms with E-state index in [-0.39, 0.29) is 17.4 Å². The highest BCUT2D eigenvalue weighted by Gasteiger charge is 2.32. The minimum atomic E-state index is 0.0513. The summed E-state index contributed by atoms with van der Waals surface area (Å²) in [6.45, 7) is 11.2. The summed E-state index contributed by atoms with van der Waals surface area (Å²) in [6.07, 6.45) is 2.75. The number of hydrogen-bond donors (Lipinski definition) is 1. The van der Waals surface area contributed by atoms with Gasteiger partial charge in [-0.2, -0.15) is 4.98 Å². The Labute approximate surface area is 190 Å². The molecule has 1 unspecified atom stereocenters. The molecule has 2 aliphatic heterocycles. The number of carbonyl (C=O) groups is 1. The van der Waals surface area contributed by atoms with Crippen LogP contribution in [0.2, 0.25) is 0 Å². The number of amides is 1. The molecule has 2 aromatic rings. The van der Waals surface area contributed by atoms with Crippen LogP contribution >= 0.6 is 0 Å². The zero-order valence-electron chi connectivity index (χ0n) is 19.6. The number of nitrogens with one attached hydrogen (secondary N) is 1. The van der Waals surface area contributed by atoms with Crippen LogP contribution in [0.4, 0.5) is 6.01 Å². The number of methoxy groups -OCH3 is 1. The van der Waals surface area contributed by atoms with E-state index >= 15 is 0 Å². The van der Waals surface area contributed by atoms with E-state index in [2.05, 4.69) is 46.0 Å². The van der Waals surface area contributed by atoms with Gasteiger partial charge in [-0.15, -0.1) is 0 Å². The average Bonchev–Trinajstić information content (AvgIpc) is 3.48. The normalized spacial score (nSPS) is 20.5. The summed E-state index contributed by atoms with van der Waals surface area (Å²) in [4.78, 5) is 21.8. The minimum absolute atomic E-state index is 0.0513. The Morgan fingerprint density at radius 2 is 1.88 bits per heavy atom. The van der Waals surface area contributed by atoms with Crippen molar-refractivity contribution in [3.63, 3.8) is 0 Å². The van der Waals surface area contributed by atoms with Gasteiger partial charge in [-0.3, -0.25) is 9.69 Å². The van der Waals surface area contributed by atoms with E-state index in [1.807, 2.05) is 24.3 Å². The third-order valence-corrected chi connectivity index (χ3v) is 6.70. The number of ether oxygens (including phenoxy) is 1. The van der Waals surface area contributed by atoms with Crippen molar-refractivity contribution in [1.82, 2.24) is 20.4 Å². The largest absolute Gasteiger partial charge is 0.497 e. The number of rotatable bonds is 6. The molecule has 174 valence electrons. The summed E-state index contributed by atoms with van der Waals surface area (Å²) in [5, 5.41) is 7.33. The van der Waals surface area contributed by atoms with Gasteiger partial charge in [0.15, 0.2) is 0 Å². The highest BCUT2D eigenvalue weighted by molar-refractivity contribution is 5.79. The Balaban J connectivity index is 1.24. The zero-order chi connectivity index (χ0) is 22.7. The lowest BCUT2D eigenvalue weighted by Gasteiger charge is -2.32. The number of anilines is 1. The first-order valence-corrected chi connectivity index (χ1v) is 11.6. The second-order valence-corrected chi connectivity index (χ2v) is 9.91. The average molecular weight is 442 g/mol. The second-order valence-electron chi connectivity index (χ2n) is 9.91. The molecular formula is C24H35N5O3. The van der Waals surface area contributed by atoms with Crippen molar-refractivity contribution in [1.29, 1.82) is 0 Å². The zero-order valence-corrected chi connectivity index (χ0v) is 19.6. The first-order chi connectivity index (χ1) is 15.3. The Morgan fingerprint density at radius 1 is 1.16 bits per heavy atom. The lowest BCUT2D eigenvalue weighted by molar-refractivity contribution is -0.125. The predicted molar refractivity (Wildman–Crippen MR) is 124 cm³/mol. The summed E-state index contributed by atoms with van der Waals surface area (Å²) in [6, 6.07) is 8.09. The molecule has 0 radical (unpaired) electrons. The predicted octanol–water partition coefficient (Wildman–Crippen LogP) is 3.20. The number of carbonyl (C=O) groups excluding carboxylic acids is 1. The van der Waals surface area contributed by atoms with Crippen molar-refractivity contribution in [3.8, 4) is 17.1 Å². The maximum Gasteiger partial charge on any atom is 0.324 e. The Bertz CT molecular complexity index is 897. The molecule has 1 amide bonds. The van der Waals surface area contributed by atoms with Crippen molar-refractivity contribution < 1.29 is 14.1 Å². The lowest BCUT2D eigenvalue weighted by Crippen LogP contribution is -2.43. The van der Waals surface area contributed by atoms with Gasteiger partial charge in [-0.05, 0) is 76.8 Å². The Hall–Kier alpha value is -2.61. The molecule has 0 bridgehead atoms. The van der Waals surface area contributed by atoms with Gasteiger partial charge in [0, 0.05) is 43.2 Å². The van der Waals surface area contributed by atoms with Crippen LogP contribution < -0.4 is 15.0 Å². The highest BCUT2D eigenvalue weighted by Crippen LogP contribution is 2.27. The van der Waals surface area contributed by atoms with Gasteiger partial charge in [-0.1, -0.05) is 5.16 Å². The van der Waals surface area contributed by atoms with Crippen LogP contribution in [0.15, 0.2) is 28.8 Å². The van der Waals surface area contributed by atoms with E-state index in [0.29, 0.717) is 17.8 Å². The van der Waals surface area contributed by atoms with Gasteiger partial charge < -0.3 is 19.5 Å². The maximum absolute atomic E-state index is 12.7. The first kappa shape index (κ1) is 22.6. The van der Waals surface area contributed by atoms with Crippen LogP contribution in [0.25, 0.3) is 11.4 Å². The second kappa shape index (κ2) is 9.48. The molecule has 1 atom stereocenters. The summed E-state index contributed by atoms with van der Waals surface area (Å²) >= 11 is 0. The van der Waals surface area contributed by atoms with Gasteiger partial charge in [0.1, 0.15) is 5.75 Å². The summed E-state index contributed by atoms with van der Waals surface area (Å²) in [5.74, 6) is 2.13. The van der Waals surface area contributed by atoms with Crippen LogP contribution in [0.5, 0.6) is 5.75 Å². The molecule has 0 spiro atoms. The van der Waals surface area contributed by atoms with E-state index in [9.17, 15) is 4.79 Å². The molecule has 1 aromatic carbocycles. The van der Waals surface area contributed by atoms with Crippen LogP contribution in [0.3, 0.4) is 0 Å². The van der Waals surface area contributed by atoms with E-state index in [1.165, 1.54) is 0 Å². The summed E-state index contributed by atoms with van der Waals surface area (Å²) in [7, 11) is 1.64. The number of aromatic nitrogens is 2. The quantitative estimate of drug-likeness (QED) is 0.737. The first-order valence-electron chi connectivity index (χ1n) is 11.6. The fourth-order valence-electron chi connectivity index (χ4n) is 4.53. The standard InChI is InChI=1S/C24H35N5O3/c1-24(2,3)29-14-9-17(16-29)15-25-22(30)19-10-12-28(13-11-19)23-26-21(27-32-23)18-5-7-20(31-4)8-6-18/h5-8,17,19H,9-16H2,1-4H3,(H,25,30). The molecule has 2 fully saturated rings. The summed E-state index contributed by atoms with van der Waals surface area (Å²) < 4.78 is 10.7. The maximum atomic E-state index is 12.7. The third-order valence-electron chi connectivity index (χ3n) is 6.70. The molecule has 3 heterocycles. The molecule has 0 saturated carbocycles. The van der Waals surface area contributed by atoms with Gasteiger partial charge in [-0.25, -0.2) is 0 Å². The third kappa shape index (κ3) is 5.23. The van der Waals surface area contributed by atoms with Crippen LogP contribution in [-0.2, 0) is 4.79 Å². The van der Waals surface area contributed by atoms with Gasteiger partial charge in [0.25, 0.3) is 0 Å². The number of likely N-dealkylation sites (tertiary alicyclic amines) is 1. The van der Waals surface area contributed by atoms with Gasteiger partial charge >= 0.3 is 6.01 Å². The molecule has 2 aliphatic rings. The number of nitrogens with zero attached hydrogens (tertiary/aromatic N) is 4. The molecule has 4 rings (SSSR count). The minimum Gasteiger partial charge on any atom is -0.497 e. The van der Waals surface area contributed by atoms with Crippen LogP contribution in [0.1, 0.15) is 40.0 Å². The monoisotopic (exact) mass is 441 g/mol. The molecule has 0 aliphatic carbocycles.